The zero-order valence-electron chi connectivity index (χ0n) is 9.22. The van der Waals surface area contributed by atoms with Gasteiger partial charge in [-0.1, -0.05) is 0 Å². The van der Waals surface area contributed by atoms with Gasteiger partial charge in [-0.25, -0.2) is 4.98 Å². The minimum Gasteiger partial charge on any atom is -0.396 e. The molecule has 0 aliphatic rings. The van der Waals surface area contributed by atoms with Crippen molar-refractivity contribution in [3.63, 3.8) is 0 Å². The second kappa shape index (κ2) is 5.98. The van der Waals surface area contributed by atoms with Crippen LogP contribution >= 0.6 is 11.3 Å². The van der Waals surface area contributed by atoms with Crippen molar-refractivity contribution in [2.75, 3.05) is 13.2 Å². The molecule has 16 heavy (non-hydrogen) atoms. The molecule has 0 aliphatic heterocycles. The molecule has 4 nitrogen and oxygen atoms in total. The van der Waals surface area contributed by atoms with Crippen molar-refractivity contribution in [1.29, 1.82) is 0 Å². The Kier molecular flexibility index (Phi) is 4.33. The minimum atomic E-state index is 0.303. The zero-order chi connectivity index (χ0) is 11.2. The van der Waals surface area contributed by atoms with Gasteiger partial charge in [0, 0.05) is 30.9 Å². The monoisotopic (exact) mass is 239 g/mol. The maximum atomic E-state index is 8.63. The fourth-order valence-corrected chi connectivity index (χ4v) is 2.34. The van der Waals surface area contributed by atoms with E-state index in [-0.39, 0.29) is 0 Å². The zero-order valence-corrected chi connectivity index (χ0v) is 10.0. The first-order chi connectivity index (χ1) is 7.90. The Morgan fingerprint density at radius 1 is 1.38 bits per heavy atom. The van der Waals surface area contributed by atoms with E-state index in [0.717, 1.165) is 43.0 Å². The molecule has 0 atom stereocenters. The third kappa shape index (κ3) is 3.04. The van der Waals surface area contributed by atoms with Gasteiger partial charge in [0.05, 0.1) is 5.69 Å². The van der Waals surface area contributed by atoms with Gasteiger partial charge >= 0.3 is 0 Å². The smallest absolute Gasteiger partial charge is 0.193 e. The average molecular weight is 239 g/mol. The summed E-state index contributed by atoms with van der Waals surface area (Å²) in [5, 5.41) is 14.0. The summed E-state index contributed by atoms with van der Waals surface area (Å²) >= 11 is 1.65. The van der Waals surface area contributed by atoms with Crippen LogP contribution in [0.25, 0.3) is 4.96 Å². The number of imidazole rings is 1. The van der Waals surface area contributed by atoms with Gasteiger partial charge in [-0.05, 0) is 25.8 Å². The maximum absolute atomic E-state index is 8.63. The lowest BCUT2D eigenvalue weighted by molar-refractivity contribution is 0.283. The van der Waals surface area contributed by atoms with E-state index in [1.807, 2.05) is 16.0 Å². The third-order valence-corrected chi connectivity index (χ3v) is 3.23. The van der Waals surface area contributed by atoms with E-state index in [4.69, 9.17) is 5.11 Å². The standard InChI is InChI=1S/C11H17N3OS/c15-6-3-1-2-4-12-8-10-9-14-5-7-16-11(14)13-10/h5,7,9,12,15H,1-4,6,8H2. The fraction of sp³-hybridized carbons (Fsp3) is 0.545. The average Bonchev–Trinajstić information content (AvgIpc) is 2.83. The molecule has 0 aromatic carbocycles. The Bertz CT molecular complexity index is 395. The number of fused-ring (bicyclic) bond motifs is 1. The van der Waals surface area contributed by atoms with Crippen LogP contribution < -0.4 is 5.32 Å². The van der Waals surface area contributed by atoms with Crippen molar-refractivity contribution < 1.29 is 5.11 Å². The topological polar surface area (TPSA) is 49.6 Å². The lowest BCUT2D eigenvalue weighted by Crippen LogP contribution is -2.14. The predicted octanol–water partition coefficient (Wildman–Crippen LogP) is 1.65. The second-order valence-corrected chi connectivity index (χ2v) is 4.66. The first kappa shape index (κ1) is 11.6. The van der Waals surface area contributed by atoms with Crippen LogP contribution in [0.15, 0.2) is 17.8 Å². The number of nitrogens with one attached hydrogen (secondary N) is 1. The molecule has 2 N–H and O–H groups in total. The number of aliphatic hydroxyl groups excluding tert-OH is 1. The Morgan fingerprint density at radius 2 is 2.31 bits per heavy atom. The van der Waals surface area contributed by atoms with Gasteiger partial charge in [0.25, 0.3) is 0 Å². The summed E-state index contributed by atoms with van der Waals surface area (Å²) in [5.74, 6) is 0. The summed E-state index contributed by atoms with van der Waals surface area (Å²) in [7, 11) is 0. The van der Waals surface area contributed by atoms with Crippen LogP contribution in [-0.4, -0.2) is 27.6 Å². The first-order valence-corrected chi connectivity index (χ1v) is 6.51. The van der Waals surface area contributed by atoms with E-state index < -0.39 is 0 Å². The van der Waals surface area contributed by atoms with Crippen LogP contribution in [0.2, 0.25) is 0 Å². The Hall–Kier alpha value is -0.910. The molecular formula is C11H17N3OS. The van der Waals surface area contributed by atoms with Crippen molar-refractivity contribution in [1.82, 2.24) is 14.7 Å². The van der Waals surface area contributed by atoms with Crippen molar-refractivity contribution in [2.24, 2.45) is 0 Å². The first-order valence-electron chi connectivity index (χ1n) is 5.63. The highest BCUT2D eigenvalue weighted by Crippen LogP contribution is 2.10. The number of rotatable bonds is 7. The van der Waals surface area contributed by atoms with Crippen molar-refractivity contribution >= 4 is 16.3 Å². The minimum absolute atomic E-state index is 0.303. The van der Waals surface area contributed by atoms with Gasteiger partial charge in [-0.15, -0.1) is 11.3 Å². The molecule has 0 bridgehead atoms. The van der Waals surface area contributed by atoms with E-state index in [0.29, 0.717) is 6.61 Å². The van der Waals surface area contributed by atoms with Crippen LogP contribution in [0.5, 0.6) is 0 Å². The second-order valence-electron chi connectivity index (χ2n) is 3.79. The van der Waals surface area contributed by atoms with Crippen LogP contribution in [0.3, 0.4) is 0 Å². The van der Waals surface area contributed by atoms with Crippen LogP contribution in [0, 0.1) is 0 Å². The van der Waals surface area contributed by atoms with Crippen LogP contribution in [0.4, 0.5) is 0 Å². The van der Waals surface area contributed by atoms with E-state index in [1.165, 1.54) is 0 Å². The van der Waals surface area contributed by atoms with Gasteiger partial charge in [0.2, 0.25) is 0 Å². The number of thiazole rings is 1. The van der Waals surface area contributed by atoms with Gasteiger partial charge < -0.3 is 10.4 Å². The number of hydrogen-bond donors (Lipinski definition) is 2. The molecule has 2 heterocycles. The highest BCUT2D eigenvalue weighted by atomic mass is 32.1. The fourth-order valence-electron chi connectivity index (χ4n) is 1.62. The highest BCUT2D eigenvalue weighted by molar-refractivity contribution is 7.15. The molecule has 2 aromatic rings. The summed E-state index contributed by atoms with van der Waals surface area (Å²) in [6, 6.07) is 0. The SMILES string of the molecule is OCCCCCNCc1cn2ccsc2n1. The molecule has 0 fully saturated rings. The molecule has 0 saturated heterocycles. The van der Waals surface area contributed by atoms with Gasteiger partial charge in [-0.2, -0.15) is 0 Å². The Morgan fingerprint density at radius 3 is 3.12 bits per heavy atom. The molecule has 0 unspecified atom stereocenters. The van der Waals surface area contributed by atoms with Gasteiger partial charge in [0.15, 0.2) is 4.96 Å². The van der Waals surface area contributed by atoms with E-state index in [2.05, 4.69) is 16.5 Å². The molecule has 2 aromatic heterocycles. The van der Waals surface area contributed by atoms with Crippen LogP contribution in [-0.2, 0) is 6.54 Å². The summed E-state index contributed by atoms with van der Waals surface area (Å²) in [6.45, 7) is 2.12. The summed E-state index contributed by atoms with van der Waals surface area (Å²) in [5.41, 5.74) is 1.09. The van der Waals surface area contributed by atoms with E-state index >= 15 is 0 Å². The number of aromatic nitrogens is 2. The quantitative estimate of drug-likeness (QED) is 0.722. The predicted molar refractivity (Wildman–Crippen MR) is 65.7 cm³/mol. The van der Waals surface area contributed by atoms with Crippen molar-refractivity contribution in [2.45, 2.75) is 25.8 Å². The van der Waals surface area contributed by atoms with E-state index in [1.54, 1.807) is 11.3 Å². The summed E-state index contributed by atoms with van der Waals surface area (Å²) < 4.78 is 2.05. The third-order valence-electron chi connectivity index (χ3n) is 2.46. The molecule has 0 aliphatic carbocycles. The molecule has 0 spiro atoms. The highest BCUT2D eigenvalue weighted by Gasteiger charge is 2.01. The lowest BCUT2D eigenvalue weighted by Gasteiger charge is -2.01. The summed E-state index contributed by atoms with van der Waals surface area (Å²) in [4.78, 5) is 5.54. The largest absolute Gasteiger partial charge is 0.396 e. The Balaban J connectivity index is 1.68. The van der Waals surface area contributed by atoms with Crippen LogP contribution in [0.1, 0.15) is 25.0 Å². The Labute approximate surface area is 98.9 Å². The number of unbranched alkanes of at least 4 members (excludes halogenated alkanes) is 2. The van der Waals surface area contributed by atoms with Gasteiger partial charge in [0.1, 0.15) is 0 Å². The van der Waals surface area contributed by atoms with Crippen molar-refractivity contribution in [3.05, 3.63) is 23.5 Å². The molecular weight excluding hydrogens is 222 g/mol. The molecule has 2 rings (SSSR count). The lowest BCUT2D eigenvalue weighted by atomic mass is 10.2. The molecule has 0 amide bonds. The molecule has 5 heteroatoms. The number of nitrogens with zero attached hydrogens (tertiary/aromatic N) is 2. The molecule has 0 radical (unpaired) electrons. The number of hydrogen-bond acceptors (Lipinski definition) is 4. The normalized spacial score (nSPS) is 11.3. The number of aliphatic hydroxyl groups is 1. The van der Waals surface area contributed by atoms with E-state index in [9.17, 15) is 0 Å². The van der Waals surface area contributed by atoms with Crippen molar-refractivity contribution in [3.8, 4) is 0 Å². The maximum Gasteiger partial charge on any atom is 0.193 e. The molecule has 88 valence electrons. The van der Waals surface area contributed by atoms with Gasteiger partial charge in [-0.3, -0.25) is 4.40 Å². The summed E-state index contributed by atoms with van der Waals surface area (Å²) in [6.07, 6.45) is 7.19. The molecule has 0 saturated carbocycles.